The fraction of sp³-hybridized carbons (Fsp3) is 0. The summed E-state index contributed by atoms with van der Waals surface area (Å²) in [6.07, 6.45) is 4.93. The third-order valence-corrected chi connectivity index (χ3v) is 3.71. The van der Waals surface area contributed by atoms with E-state index in [4.69, 9.17) is 0 Å². The van der Waals surface area contributed by atoms with Gasteiger partial charge in [0.2, 0.25) is 0 Å². The van der Waals surface area contributed by atoms with Gasteiger partial charge >= 0.3 is 56.0 Å². The van der Waals surface area contributed by atoms with Crippen molar-refractivity contribution in [3.8, 4) is 0 Å². The van der Waals surface area contributed by atoms with Gasteiger partial charge in [0.1, 0.15) is 0 Å². The number of carbonyl (C=O) groups is 1. The van der Waals surface area contributed by atoms with E-state index >= 15 is 0 Å². The molecule has 1 aliphatic rings. The fourth-order valence-electron chi connectivity index (χ4n) is 0.484. The second kappa shape index (κ2) is 2.73. The van der Waals surface area contributed by atoms with E-state index < -0.39 is 19.0 Å². The van der Waals surface area contributed by atoms with E-state index in [1.165, 1.54) is 6.20 Å². The molecule has 0 atom stereocenters. The summed E-state index contributed by atoms with van der Waals surface area (Å²) in [5.41, 5.74) is 0. The molecule has 0 N–H and O–H groups in total. The minimum absolute atomic E-state index is 0.990. The number of carbonyl (C=O) groups excluding carboxylic acids is 1. The first-order valence-electron chi connectivity index (χ1n) is 2.43. The van der Waals surface area contributed by atoms with Crippen LogP contribution in [-0.4, -0.2) is 19.0 Å². The number of carboxylic acid groups (broad SMARTS) is 1. The summed E-state index contributed by atoms with van der Waals surface area (Å²) < 4.78 is 3.77. The Balaban J connectivity index is 2.84. The molecular formula is C5H4GeNO2-. The van der Waals surface area contributed by atoms with Crippen LogP contribution >= 0.6 is 0 Å². The Hall–Kier alpha value is -0.707. The number of allylic oxidation sites excluding steroid dienone is 2. The summed E-state index contributed by atoms with van der Waals surface area (Å²) in [7, 11) is 0. The minimum atomic E-state index is -2.29. The molecule has 0 unspecified atom stereocenters. The van der Waals surface area contributed by atoms with Gasteiger partial charge in [-0.25, -0.2) is 0 Å². The summed E-state index contributed by atoms with van der Waals surface area (Å²) >= 11 is -2.29. The molecule has 0 saturated heterocycles. The molecule has 9 heavy (non-hydrogen) atoms. The summed E-state index contributed by atoms with van der Waals surface area (Å²) in [5.74, 6) is 0. The molecular weight excluding hydrogens is 179 g/mol. The monoisotopic (exact) mass is 184 g/mol. The molecule has 0 aromatic rings. The van der Waals surface area contributed by atoms with Gasteiger partial charge < -0.3 is 0 Å². The molecule has 0 aromatic heterocycles. The predicted molar refractivity (Wildman–Crippen MR) is 31.9 cm³/mol. The van der Waals surface area contributed by atoms with Crippen LogP contribution in [-0.2, 0) is 0 Å². The Morgan fingerprint density at radius 2 is 2.33 bits per heavy atom. The maximum atomic E-state index is 10.1. The molecule has 0 spiro atoms. The van der Waals surface area contributed by atoms with Gasteiger partial charge in [-0.05, 0) is 0 Å². The van der Waals surface area contributed by atoms with E-state index in [1.807, 2.05) is 0 Å². The summed E-state index contributed by atoms with van der Waals surface area (Å²) in [5, 5.41) is 10.1. The van der Waals surface area contributed by atoms with Crippen LogP contribution in [0.15, 0.2) is 27.2 Å². The van der Waals surface area contributed by atoms with E-state index in [0.29, 0.717) is 0 Å². The van der Waals surface area contributed by atoms with Crippen molar-refractivity contribution in [1.82, 2.24) is 0 Å². The SMILES string of the molecule is O=[C]([O-])[Ge]1=[N]C=CC=[CH]1. The summed E-state index contributed by atoms with van der Waals surface area (Å²) in [6.45, 7) is 0. The van der Waals surface area contributed by atoms with Crippen LogP contribution in [0.25, 0.3) is 0 Å². The summed E-state index contributed by atoms with van der Waals surface area (Å²) in [4.78, 5) is 10.8. The predicted octanol–water partition coefficient (Wildman–Crippen LogP) is -0.206. The molecule has 1 aliphatic heterocycles. The Kier molecular flexibility index (Phi) is 1.94. The molecule has 46 valence electrons. The number of hydrogen-bond donors (Lipinski definition) is 0. The van der Waals surface area contributed by atoms with E-state index in [0.717, 1.165) is 0 Å². The maximum absolute atomic E-state index is 10.1. The average molecular weight is 183 g/mol. The van der Waals surface area contributed by atoms with Crippen molar-refractivity contribution in [3.63, 3.8) is 0 Å². The molecule has 0 fully saturated rings. The van der Waals surface area contributed by atoms with Crippen molar-refractivity contribution < 1.29 is 9.90 Å². The van der Waals surface area contributed by atoms with Gasteiger partial charge in [0.15, 0.2) is 0 Å². The van der Waals surface area contributed by atoms with E-state index in [2.05, 4.69) is 3.90 Å². The van der Waals surface area contributed by atoms with Gasteiger partial charge in [-0.15, -0.1) is 0 Å². The van der Waals surface area contributed by atoms with Crippen LogP contribution in [0.2, 0.25) is 0 Å². The van der Waals surface area contributed by atoms with Crippen LogP contribution in [0.4, 0.5) is 4.79 Å². The first-order chi connectivity index (χ1) is 4.30. The van der Waals surface area contributed by atoms with Crippen molar-refractivity contribution in [2.75, 3.05) is 0 Å². The van der Waals surface area contributed by atoms with Gasteiger partial charge in [-0.1, -0.05) is 0 Å². The first-order valence-corrected chi connectivity index (χ1v) is 5.63. The standard InChI is InChI=1S/C5H5GeNO2/c8-5(9)6-3-1-2-4-7-6/h1-4H,(H,8,9)/p-1. The van der Waals surface area contributed by atoms with Crippen molar-refractivity contribution >= 4 is 19.0 Å². The van der Waals surface area contributed by atoms with Crippen molar-refractivity contribution in [2.24, 2.45) is 3.90 Å². The number of hydrogen-bond acceptors (Lipinski definition) is 3. The van der Waals surface area contributed by atoms with Gasteiger partial charge in [-0.3, -0.25) is 0 Å². The molecule has 0 aliphatic carbocycles. The van der Waals surface area contributed by atoms with E-state index in [1.54, 1.807) is 17.1 Å². The van der Waals surface area contributed by atoms with Crippen molar-refractivity contribution in [1.29, 1.82) is 0 Å². The zero-order valence-electron chi connectivity index (χ0n) is 4.57. The normalized spacial score (nSPS) is 15.3. The molecule has 0 aromatic carbocycles. The Labute approximate surface area is 56.6 Å². The van der Waals surface area contributed by atoms with Gasteiger partial charge in [0, 0.05) is 0 Å². The van der Waals surface area contributed by atoms with Crippen molar-refractivity contribution in [3.05, 3.63) is 23.3 Å². The number of rotatable bonds is 1. The molecule has 0 saturated carbocycles. The third kappa shape index (κ3) is 1.60. The Morgan fingerprint density at radius 1 is 1.56 bits per heavy atom. The zero-order valence-corrected chi connectivity index (χ0v) is 6.67. The zero-order chi connectivity index (χ0) is 6.69. The van der Waals surface area contributed by atoms with Gasteiger partial charge in [0.05, 0.1) is 0 Å². The van der Waals surface area contributed by atoms with Gasteiger partial charge in [-0.2, -0.15) is 0 Å². The Bertz CT molecular complexity index is 217. The van der Waals surface area contributed by atoms with Crippen LogP contribution in [0.3, 0.4) is 0 Å². The van der Waals surface area contributed by atoms with Gasteiger partial charge in [0.25, 0.3) is 0 Å². The van der Waals surface area contributed by atoms with Crippen LogP contribution in [0.1, 0.15) is 0 Å². The van der Waals surface area contributed by atoms with Crippen LogP contribution in [0, 0.1) is 0 Å². The fourth-order valence-corrected chi connectivity index (χ4v) is 2.30. The molecule has 3 nitrogen and oxygen atoms in total. The quantitative estimate of drug-likeness (QED) is 0.528. The summed E-state index contributed by atoms with van der Waals surface area (Å²) in [6, 6.07) is 0. The molecule has 0 bridgehead atoms. The third-order valence-electron chi connectivity index (χ3n) is 0.874. The second-order valence-corrected chi connectivity index (χ2v) is 5.22. The Morgan fingerprint density at radius 3 is 2.67 bits per heavy atom. The molecule has 0 radical (unpaired) electrons. The average Bonchev–Trinajstić information content (AvgIpc) is 1.90. The first kappa shape index (κ1) is 6.41. The second-order valence-electron chi connectivity index (χ2n) is 1.50. The van der Waals surface area contributed by atoms with Crippen LogP contribution < -0.4 is 5.11 Å². The molecule has 4 heteroatoms. The number of nitrogens with zero attached hydrogens (tertiary/aromatic N) is 1. The van der Waals surface area contributed by atoms with Crippen LogP contribution in [0.5, 0.6) is 0 Å². The van der Waals surface area contributed by atoms with E-state index in [-0.39, 0.29) is 0 Å². The molecule has 0 amide bonds. The molecule has 1 heterocycles. The van der Waals surface area contributed by atoms with Crippen molar-refractivity contribution in [2.45, 2.75) is 0 Å². The van der Waals surface area contributed by atoms with E-state index in [9.17, 15) is 9.90 Å². The molecule has 1 rings (SSSR count). The topological polar surface area (TPSA) is 52.5 Å².